The Kier molecular flexibility index (Phi) is 2.38. The van der Waals surface area contributed by atoms with Crippen LogP contribution in [0.5, 0.6) is 0 Å². The van der Waals surface area contributed by atoms with Crippen LogP contribution in [0.4, 0.5) is 0 Å². The number of allylic oxidation sites excluding steroid dienone is 1. The number of fused-ring (bicyclic) bond motifs is 1. The minimum absolute atomic E-state index is 0.284. The van der Waals surface area contributed by atoms with Crippen LogP contribution >= 0.6 is 0 Å². The Morgan fingerprint density at radius 1 is 1.13 bits per heavy atom. The van der Waals surface area contributed by atoms with E-state index in [9.17, 15) is 0 Å². The third-order valence-electron chi connectivity index (χ3n) is 2.33. The van der Waals surface area contributed by atoms with Crippen LogP contribution in [0.1, 0.15) is 5.56 Å². The first-order valence-corrected chi connectivity index (χ1v) is 4.59. The smallest absolute Gasteiger partial charge is 0.103 e. The largest absolute Gasteiger partial charge is 0.514 e. The van der Waals surface area contributed by atoms with Crippen molar-refractivity contribution in [1.29, 1.82) is 5.26 Å². The molecule has 0 saturated heterocycles. The first-order valence-electron chi connectivity index (χ1n) is 4.59. The zero-order valence-corrected chi connectivity index (χ0v) is 8.01. The van der Waals surface area contributed by atoms with Crippen molar-refractivity contribution >= 4 is 16.3 Å². The summed E-state index contributed by atoms with van der Waals surface area (Å²) >= 11 is 0. The van der Waals surface area contributed by atoms with E-state index < -0.39 is 0 Å². The van der Waals surface area contributed by atoms with Crippen molar-refractivity contribution in [2.24, 2.45) is 0 Å². The highest BCUT2D eigenvalue weighted by Gasteiger charge is 2.04. The minimum atomic E-state index is 0.284. The molecule has 2 nitrogen and oxygen atoms in total. The lowest BCUT2D eigenvalue weighted by Gasteiger charge is -2.03. The summed E-state index contributed by atoms with van der Waals surface area (Å²) in [4.78, 5) is 0. The maximum Gasteiger partial charge on any atom is 0.103 e. The predicted octanol–water partition coefficient (Wildman–Crippen LogP) is 3.26. The fourth-order valence-electron chi connectivity index (χ4n) is 1.62. The SMILES string of the molecule is N#C/C(=C\O)c1cccc2ccccc12. The summed E-state index contributed by atoms with van der Waals surface area (Å²) in [6.07, 6.45) is 0.849. The molecule has 0 radical (unpaired) electrons. The zero-order valence-electron chi connectivity index (χ0n) is 8.01. The van der Waals surface area contributed by atoms with E-state index in [1.807, 2.05) is 48.5 Å². The summed E-state index contributed by atoms with van der Waals surface area (Å²) in [5, 5.41) is 19.8. The van der Waals surface area contributed by atoms with Crippen LogP contribution in [-0.4, -0.2) is 5.11 Å². The highest BCUT2D eigenvalue weighted by atomic mass is 16.2. The quantitative estimate of drug-likeness (QED) is 0.560. The third-order valence-corrected chi connectivity index (χ3v) is 2.33. The molecule has 2 rings (SSSR count). The molecule has 15 heavy (non-hydrogen) atoms. The van der Waals surface area contributed by atoms with Crippen molar-refractivity contribution in [1.82, 2.24) is 0 Å². The topological polar surface area (TPSA) is 44.0 Å². The number of aliphatic hydroxyl groups is 1. The van der Waals surface area contributed by atoms with E-state index in [1.54, 1.807) is 0 Å². The van der Waals surface area contributed by atoms with Crippen LogP contribution in [0.15, 0.2) is 48.7 Å². The Bertz CT molecular complexity index is 559. The van der Waals surface area contributed by atoms with Gasteiger partial charge in [-0.1, -0.05) is 42.5 Å². The molecule has 0 unspecified atom stereocenters. The van der Waals surface area contributed by atoms with Crippen LogP contribution in [0.25, 0.3) is 16.3 Å². The van der Waals surface area contributed by atoms with Gasteiger partial charge in [-0.05, 0) is 10.8 Å². The molecular formula is C13H9NO. The molecule has 2 aromatic carbocycles. The molecule has 0 saturated carbocycles. The third kappa shape index (κ3) is 1.55. The molecule has 0 fully saturated rings. The lowest BCUT2D eigenvalue weighted by atomic mass is 10.00. The van der Waals surface area contributed by atoms with Crippen molar-refractivity contribution in [3.8, 4) is 6.07 Å². The van der Waals surface area contributed by atoms with Crippen molar-refractivity contribution in [3.05, 3.63) is 54.3 Å². The molecule has 0 aliphatic heterocycles. The number of benzene rings is 2. The van der Waals surface area contributed by atoms with Crippen molar-refractivity contribution < 1.29 is 5.11 Å². The molecular weight excluding hydrogens is 186 g/mol. The summed E-state index contributed by atoms with van der Waals surface area (Å²) < 4.78 is 0. The average molecular weight is 195 g/mol. The number of hydrogen-bond donors (Lipinski definition) is 1. The summed E-state index contributed by atoms with van der Waals surface area (Å²) in [5.74, 6) is 0. The minimum Gasteiger partial charge on any atom is -0.514 e. The van der Waals surface area contributed by atoms with E-state index in [1.165, 1.54) is 0 Å². The fourth-order valence-corrected chi connectivity index (χ4v) is 1.62. The maximum absolute atomic E-state index is 8.95. The number of nitrogens with zero attached hydrogens (tertiary/aromatic N) is 1. The molecule has 72 valence electrons. The van der Waals surface area contributed by atoms with Crippen LogP contribution in [0.3, 0.4) is 0 Å². The molecule has 1 N–H and O–H groups in total. The normalized spacial score (nSPS) is 11.3. The molecule has 0 aromatic heterocycles. The van der Waals surface area contributed by atoms with Crippen molar-refractivity contribution in [3.63, 3.8) is 0 Å². The van der Waals surface area contributed by atoms with Gasteiger partial charge in [-0.3, -0.25) is 0 Å². The van der Waals surface area contributed by atoms with Crippen LogP contribution in [0.2, 0.25) is 0 Å². The fraction of sp³-hybridized carbons (Fsp3) is 0. The van der Waals surface area contributed by atoms with Gasteiger partial charge in [0.15, 0.2) is 0 Å². The Morgan fingerprint density at radius 3 is 2.60 bits per heavy atom. The van der Waals surface area contributed by atoms with Gasteiger partial charge in [-0.25, -0.2) is 0 Å². The number of aliphatic hydroxyl groups excluding tert-OH is 1. The molecule has 0 heterocycles. The summed E-state index contributed by atoms with van der Waals surface area (Å²) in [6, 6.07) is 15.4. The summed E-state index contributed by atoms with van der Waals surface area (Å²) in [6.45, 7) is 0. The van der Waals surface area contributed by atoms with Gasteiger partial charge in [-0.2, -0.15) is 5.26 Å². The highest BCUT2D eigenvalue weighted by molar-refractivity contribution is 5.96. The van der Waals surface area contributed by atoms with Crippen LogP contribution in [0, 0.1) is 11.3 Å². The van der Waals surface area contributed by atoms with Gasteiger partial charge in [0.1, 0.15) is 6.07 Å². The lowest BCUT2D eigenvalue weighted by molar-refractivity contribution is 0.476. The molecule has 0 spiro atoms. The van der Waals surface area contributed by atoms with Crippen molar-refractivity contribution in [2.45, 2.75) is 0 Å². The zero-order chi connectivity index (χ0) is 10.7. The Labute approximate surface area is 87.7 Å². The van der Waals surface area contributed by atoms with Gasteiger partial charge in [-0.15, -0.1) is 0 Å². The molecule has 2 aromatic rings. The van der Waals surface area contributed by atoms with Crippen molar-refractivity contribution in [2.75, 3.05) is 0 Å². The van der Waals surface area contributed by atoms with Gasteiger partial charge >= 0.3 is 0 Å². The second-order valence-electron chi connectivity index (χ2n) is 3.18. The molecule has 0 aliphatic rings. The second-order valence-corrected chi connectivity index (χ2v) is 3.18. The average Bonchev–Trinajstić information content (AvgIpc) is 2.31. The van der Waals surface area contributed by atoms with Gasteiger partial charge in [0, 0.05) is 5.56 Å². The number of rotatable bonds is 1. The van der Waals surface area contributed by atoms with Gasteiger partial charge in [0.25, 0.3) is 0 Å². The van der Waals surface area contributed by atoms with E-state index in [2.05, 4.69) is 0 Å². The monoisotopic (exact) mass is 195 g/mol. The van der Waals surface area contributed by atoms with Crippen LogP contribution in [-0.2, 0) is 0 Å². The number of hydrogen-bond acceptors (Lipinski definition) is 2. The molecule has 2 heteroatoms. The maximum atomic E-state index is 8.95. The van der Waals surface area contributed by atoms with E-state index in [4.69, 9.17) is 10.4 Å². The Hall–Kier alpha value is -2.27. The van der Waals surface area contributed by atoms with E-state index in [-0.39, 0.29) is 5.57 Å². The van der Waals surface area contributed by atoms with Gasteiger partial charge < -0.3 is 5.11 Å². The molecule has 0 aliphatic carbocycles. The van der Waals surface area contributed by atoms with E-state index in [0.29, 0.717) is 0 Å². The summed E-state index contributed by atoms with van der Waals surface area (Å²) in [5.41, 5.74) is 1.05. The number of nitriles is 1. The predicted molar refractivity (Wildman–Crippen MR) is 60.2 cm³/mol. The van der Waals surface area contributed by atoms with E-state index in [0.717, 1.165) is 22.6 Å². The van der Waals surface area contributed by atoms with Gasteiger partial charge in [0.05, 0.1) is 11.8 Å². The van der Waals surface area contributed by atoms with Crippen LogP contribution < -0.4 is 0 Å². The molecule has 0 atom stereocenters. The first-order chi connectivity index (χ1) is 7.36. The lowest BCUT2D eigenvalue weighted by Crippen LogP contribution is -1.84. The van der Waals surface area contributed by atoms with E-state index >= 15 is 0 Å². The molecule has 0 bridgehead atoms. The molecule has 0 amide bonds. The second kappa shape index (κ2) is 3.85. The summed E-state index contributed by atoms with van der Waals surface area (Å²) in [7, 11) is 0. The Balaban J connectivity index is 2.78. The standard InChI is InChI=1S/C13H9NO/c14-8-11(9-15)13-7-3-5-10-4-1-2-6-12(10)13/h1-7,9,15H/b11-9+. The first kappa shape index (κ1) is 9.29. The van der Waals surface area contributed by atoms with Gasteiger partial charge in [0.2, 0.25) is 0 Å². The Morgan fingerprint density at radius 2 is 1.87 bits per heavy atom. The highest BCUT2D eigenvalue weighted by Crippen LogP contribution is 2.24.